The van der Waals surface area contributed by atoms with Gasteiger partial charge >= 0.3 is 0 Å². The standard InChI is InChI=1S/C18H25N5O3/c1-13-7-20-15(8-19-13)9-21-17(24)16-6-18(26-22-16)3-4-23(12-18)10-14-2-5-25-11-14/h7-8,14H,2-6,9-12H2,1H3,(H,21,24)/t14-,18+/m0/s1. The molecule has 0 saturated carbocycles. The molecule has 3 aliphatic heterocycles. The maximum absolute atomic E-state index is 12.4. The molecule has 2 atom stereocenters. The Hall–Kier alpha value is -2.06. The highest BCUT2D eigenvalue weighted by molar-refractivity contribution is 6.39. The third-order valence-corrected chi connectivity index (χ3v) is 5.30. The van der Waals surface area contributed by atoms with Crippen molar-refractivity contribution in [3.05, 3.63) is 23.8 Å². The summed E-state index contributed by atoms with van der Waals surface area (Å²) in [7, 11) is 0. The van der Waals surface area contributed by atoms with Gasteiger partial charge in [0.05, 0.1) is 30.7 Å². The average molecular weight is 359 g/mol. The number of hydrogen-bond donors (Lipinski definition) is 1. The number of carbonyl (C=O) groups is 1. The summed E-state index contributed by atoms with van der Waals surface area (Å²) in [6.45, 7) is 6.80. The Balaban J connectivity index is 1.26. The molecule has 0 aromatic carbocycles. The van der Waals surface area contributed by atoms with Crippen molar-refractivity contribution in [1.82, 2.24) is 20.2 Å². The molecule has 0 radical (unpaired) electrons. The maximum Gasteiger partial charge on any atom is 0.269 e. The number of aryl methyl sites for hydroxylation is 1. The lowest BCUT2D eigenvalue weighted by molar-refractivity contribution is -0.115. The number of amides is 1. The van der Waals surface area contributed by atoms with Gasteiger partial charge in [0, 0.05) is 45.3 Å². The number of nitrogens with zero attached hydrogens (tertiary/aromatic N) is 4. The van der Waals surface area contributed by atoms with Crippen molar-refractivity contribution >= 4 is 11.6 Å². The largest absolute Gasteiger partial charge is 0.387 e. The van der Waals surface area contributed by atoms with Crippen molar-refractivity contribution in [2.75, 3.05) is 32.8 Å². The molecule has 4 rings (SSSR count). The van der Waals surface area contributed by atoms with E-state index in [0.717, 1.165) is 57.1 Å². The summed E-state index contributed by atoms with van der Waals surface area (Å²) in [5.74, 6) is 0.428. The van der Waals surface area contributed by atoms with E-state index in [1.54, 1.807) is 12.4 Å². The van der Waals surface area contributed by atoms with Gasteiger partial charge in [-0.1, -0.05) is 5.16 Å². The molecule has 1 aromatic rings. The van der Waals surface area contributed by atoms with E-state index < -0.39 is 0 Å². The zero-order valence-electron chi connectivity index (χ0n) is 15.1. The van der Waals surface area contributed by atoms with Crippen molar-refractivity contribution in [3.8, 4) is 0 Å². The number of oxime groups is 1. The molecule has 3 aliphatic rings. The first-order valence-electron chi connectivity index (χ1n) is 9.23. The van der Waals surface area contributed by atoms with Crippen LogP contribution in [0.2, 0.25) is 0 Å². The molecule has 1 aromatic heterocycles. The van der Waals surface area contributed by atoms with Gasteiger partial charge in [-0.25, -0.2) is 0 Å². The van der Waals surface area contributed by atoms with Gasteiger partial charge in [-0.2, -0.15) is 0 Å². The van der Waals surface area contributed by atoms with Gasteiger partial charge in [-0.3, -0.25) is 19.7 Å². The average Bonchev–Trinajstić information content (AvgIpc) is 3.38. The van der Waals surface area contributed by atoms with Gasteiger partial charge in [0.1, 0.15) is 5.71 Å². The Morgan fingerprint density at radius 3 is 3.12 bits per heavy atom. The number of aromatic nitrogens is 2. The van der Waals surface area contributed by atoms with E-state index >= 15 is 0 Å². The van der Waals surface area contributed by atoms with E-state index in [2.05, 4.69) is 25.3 Å². The third kappa shape index (κ3) is 3.86. The highest BCUT2D eigenvalue weighted by atomic mass is 16.7. The van der Waals surface area contributed by atoms with Gasteiger partial charge in [0.25, 0.3) is 5.91 Å². The molecule has 2 fully saturated rings. The van der Waals surface area contributed by atoms with Gasteiger partial charge in [-0.05, 0) is 19.3 Å². The van der Waals surface area contributed by atoms with E-state index in [-0.39, 0.29) is 11.5 Å². The molecule has 2 saturated heterocycles. The fraction of sp³-hybridized carbons (Fsp3) is 0.667. The van der Waals surface area contributed by atoms with Crippen LogP contribution in [0.4, 0.5) is 0 Å². The minimum atomic E-state index is -0.338. The minimum Gasteiger partial charge on any atom is -0.387 e. The zero-order chi connectivity index (χ0) is 18.0. The number of likely N-dealkylation sites (tertiary alicyclic amines) is 1. The molecule has 8 heteroatoms. The van der Waals surface area contributed by atoms with Gasteiger partial charge in [0.15, 0.2) is 5.60 Å². The van der Waals surface area contributed by atoms with E-state index in [4.69, 9.17) is 9.57 Å². The molecule has 4 heterocycles. The summed E-state index contributed by atoms with van der Waals surface area (Å²) < 4.78 is 5.46. The molecule has 140 valence electrons. The lowest BCUT2D eigenvalue weighted by Gasteiger charge is -2.23. The summed E-state index contributed by atoms with van der Waals surface area (Å²) in [5, 5.41) is 6.94. The fourth-order valence-electron chi connectivity index (χ4n) is 3.82. The molecule has 1 spiro atoms. The van der Waals surface area contributed by atoms with Crippen LogP contribution in [-0.4, -0.2) is 64.9 Å². The van der Waals surface area contributed by atoms with Crippen LogP contribution in [-0.2, 0) is 20.9 Å². The Labute approximate surface area is 153 Å². The second kappa shape index (κ2) is 7.28. The molecule has 0 unspecified atom stereocenters. The Morgan fingerprint density at radius 2 is 2.35 bits per heavy atom. The number of ether oxygens (including phenoxy) is 1. The highest BCUT2D eigenvalue weighted by Gasteiger charge is 2.46. The molecule has 1 amide bonds. The van der Waals surface area contributed by atoms with E-state index in [1.165, 1.54) is 0 Å². The van der Waals surface area contributed by atoms with Crippen LogP contribution < -0.4 is 5.32 Å². The Morgan fingerprint density at radius 1 is 1.42 bits per heavy atom. The first-order valence-corrected chi connectivity index (χ1v) is 9.23. The SMILES string of the molecule is Cc1cnc(CNC(=O)C2=NO[C@]3(CCN(C[C@@H]4CCOC4)C3)C2)cn1. The first kappa shape index (κ1) is 17.4. The van der Waals surface area contributed by atoms with E-state index in [0.29, 0.717) is 24.6 Å². The van der Waals surface area contributed by atoms with Crippen LogP contribution in [0.5, 0.6) is 0 Å². The predicted octanol–water partition coefficient (Wildman–Crippen LogP) is 0.659. The molecular weight excluding hydrogens is 334 g/mol. The summed E-state index contributed by atoms with van der Waals surface area (Å²) in [6, 6.07) is 0. The van der Waals surface area contributed by atoms with Crippen LogP contribution in [0.3, 0.4) is 0 Å². The van der Waals surface area contributed by atoms with E-state index in [1.807, 2.05) is 6.92 Å². The lowest BCUT2D eigenvalue weighted by Crippen LogP contribution is -2.38. The Bertz CT molecular complexity index is 687. The maximum atomic E-state index is 12.4. The summed E-state index contributed by atoms with van der Waals surface area (Å²) in [6.07, 6.45) is 5.97. The summed E-state index contributed by atoms with van der Waals surface area (Å²) in [4.78, 5) is 28.9. The number of nitrogens with one attached hydrogen (secondary N) is 1. The fourth-order valence-corrected chi connectivity index (χ4v) is 3.82. The van der Waals surface area contributed by atoms with Crippen LogP contribution in [0.1, 0.15) is 30.7 Å². The Kier molecular flexibility index (Phi) is 4.86. The van der Waals surface area contributed by atoms with Crippen molar-refractivity contribution in [1.29, 1.82) is 0 Å². The van der Waals surface area contributed by atoms with Crippen LogP contribution in [0, 0.1) is 12.8 Å². The molecule has 0 aliphatic carbocycles. The predicted molar refractivity (Wildman–Crippen MR) is 94.5 cm³/mol. The first-order chi connectivity index (χ1) is 12.6. The van der Waals surface area contributed by atoms with Gasteiger partial charge in [0.2, 0.25) is 0 Å². The molecule has 0 bridgehead atoms. The molecule has 26 heavy (non-hydrogen) atoms. The number of hydrogen-bond acceptors (Lipinski definition) is 7. The lowest BCUT2D eigenvalue weighted by atomic mass is 9.96. The molecule has 8 nitrogen and oxygen atoms in total. The molecule has 1 N–H and O–H groups in total. The van der Waals surface area contributed by atoms with Crippen molar-refractivity contribution < 1.29 is 14.4 Å². The van der Waals surface area contributed by atoms with Crippen molar-refractivity contribution in [3.63, 3.8) is 0 Å². The summed E-state index contributed by atoms with van der Waals surface area (Å²) >= 11 is 0. The van der Waals surface area contributed by atoms with Crippen LogP contribution in [0.15, 0.2) is 17.5 Å². The second-order valence-corrected chi connectivity index (χ2v) is 7.54. The van der Waals surface area contributed by atoms with Gasteiger partial charge < -0.3 is 14.9 Å². The molecular formula is C18H25N5O3. The monoisotopic (exact) mass is 359 g/mol. The normalized spacial score (nSPS) is 28.3. The van der Waals surface area contributed by atoms with Crippen LogP contribution in [0.25, 0.3) is 0 Å². The summed E-state index contributed by atoms with van der Waals surface area (Å²) in [5.41, 5.74) is 1.71. The van der Waals surface area contributed by atoms with Gasteiger partial charge in [-0.15, -0.1) is 0 Å². The third-order valence-electron chi connectivity index (χ3n) is 5.30. The van der Waals surface area contributed by atoms with Crippen molar-refractivity contribution in [2.45, 2.75) is 38.3 Å². The zero-order valence-corrected chi connectivity index (χ0v) is 15.1. The smallest absolute Gasteiger partial charge is 0.269 e. The quantitative estimate of drug-likeness (QED) is 0.831. The van der Waals surface area contributed by atoms with E-state index in [9.17, 15) is 4.79 Å². The second-order valence-electron chi connectivity index (χ2n) is 7.54. The number of carbonyl (C=O) groups excluding carboxylic acids is 1. The number of rotatable bonds is 5. The minimum absolute atomic E-state index is 0.188. The topological polar surface area (TPSA) is 88.9 Å². The highest BCUT2D eigenvalue weighted by Crippen LogP contribution is 2.34. The van der Waals surface area contributed by atoms with Crippen LogP contribution >= 0.6 is 0 Å². The van der Waals surface area contributed by atoms with Crippen molar-refractivity contribution in [2.24, 2.45) is 11.1 Å².